The lowest BCUT2D eigenvalue weighted by Crippen LogP contribution is -2.38. The Morgan fingerprint density at radius 2 is 2.27 bits per heavy atom. The topological polar surface area (TPSA) is 95.7 Å². The molecule has 0 aromatic rings. The number of carbonyl (C=O) groups excluding carboxylic acids is 1. The lowest BCUT2D eigenvalue weighted by atomic mass is 10.2. The third-order valence-corrected chi connectivity index (χ3v) is 1.27. The minimum Gasteiger partial charge on any atom is -0.350 e. The number of amides is 2. The zero-order valence-corrected chi connectivity index (χ0v) is 6.19. The van der Waals surface area contributed by atoms with Crippen molar-refractivity contribution in [1.82, 2.24) is 5.01 Å². The summed E-state index contributed by atoms with van der Waals surface area (Å²) in [6.45, 7) is 1.17. The third kappa shape index (κ3) is 2.94. The largest absolute Gasteiger partial charge is 0.350 e. The van der Waals surface area contributed by atoms with Crippen molar-refractivity contribution in [1.29, 1.82) is 0 Å². The predicted octanol–water partition coefficient (Wildman–Crippen LogP) is 0.258. The van der Waals surface area contributed by atoms with E-state index in [1.54, 1.807) is 0 Å². The average Bonchev–Trinajstić information content (AvgIpc) is 1.88. The summed E-state index contributed by atoms with van der Waals surface area (Å²) in [6, 6.07) is -1.44. The molecular formula is C5H10N3O3. The minimum absolute atomic E-state index is 0.175. The van der Waals surface area contributed by atoms with Crippen LogP contribution in [0.1, 0.15) is 13.3 Å². The summed E-state index contributed by atoms with van der Waals surface area (Å²) in [5.41, 5.74) is 4.77. The molecule has 0 spiro atoms. The highest BCUT2D eigenvalue weighted by Crippen LogP contribution is 2.02. The van der Waals surface area contributed by atoms with Crippen LogP contribution in [-0.2, 0) is 5.11 Å². The third-order valence-electron chi connectivity index (χ3n) is 1.27. The first-order valence-corrected chi connectivity index (χ1v) is 3.13. The minimum atomic E-state index is -0.930. The molecule has 0 bridgehead atoms. The maximum atomic E-state index is 10.4. The van der Waals surface area contributed by atoms with Crippen molar-refractivity contribution in [2.45, 2.75) is 19.4 Å². The molecule has 0 rings (SSSR count). The Kier molecular flexibility index (Phi) is 4.12. The van der Waals surface area contributed by atoms with E-state index in [0.29, 0.717) is 5.01 Å². The van der Waals surface area contributed by atoms with Crippen LogP contribution in [0.3, 0.4) is 0 Å². The molecule has 2 N–H and O–H groups in total. The second-order valence-corrected chi connectivity index (χ2v) is 2.11. The van der Waals surface area contributed by atoms with Gasteiger partial charge in [-0.1, -0.05) is 0 Å². The van der Waals surface area contributed by atoms with Crippen molar-refractivity contribution < 1.29 is 9.90 Å². The number of urea groups is 1. The zero-order valence-electron chi connectivity index (χ0n) is 6.19. The quantitative estimate of drug-likeness (QED) is 0.471. The van der Waals surface area contributed by atoms with Crippen molar-refractivity contribution in [3.05, 3.63) is 4.91 Å². The molecule has 1 atom stereocenters. The van der Waals surface area contributed by atoms with Gasteiger partial charge < -0.3 is 5.73 Å². The zero-order chi connectivity index (χ0) is 8.85. The van der Waals surface area contributed by atoms with Gasteiger partial charge in [0.25, 0.3) is 0 Å². The first-order chi connectivity index (χ1) is 5.13. The number of nitroso groups, excluding NO2 is 1. The van der Waals surface area contributed by atoms with Crippen molar-refractivity contribution >= 4 is 6.03 Å². The highest BCUT2D eigenvalue weighted by atomic mass is 16.3. The SMILES string of the molecule is CC(CC[O])N(N=O)C(N)=O. The lowest BCUT2D eigenvalue weighted by Gasteiger charge is -2.16. The Balaban J connectivity index is 4.02. The van der Waals surface area contributed by atoms with Crippen LogP contribution >= 0.6 is 0 Å². The summed E-state index contributed by atoms with van der Waals surface area (Å²) >= 11 is 0. The normalized spacial score (nSPS) is 12.2. The molecule has 0 aliphatic rings. The fourth-order valence-corrected chi connectivity index (χ4v) is 0.631. The highest BCUT2D eigenvalue weighted by Gasteiger charge is 2.17. The lowest BCUT2D eigenvalue weighted by molar-refractivity contribution is 0.142. The molecule has 0 fully saturated rings. The summed E-state index contributed by atoms with van der Waals surface area (Å²) in [5, 5.41) is 13.0. The van der Waals surface area contributed by atoms with E-state index >= 15 is 0 Å². The molecule has 11 heavy (non-hydrogen) atoms. The Morgan fingerprint density at radius 3 is 2.55 bits per heavy atom. The van der Waals surface area contributed by atoms with Crippen LogP contribution in [0.15, 0.2) is 5.29 Å². The molecule has 0 aromatic heterocycles. The van der Waals surface area contributed by atoms with Gasteiger partial charge in [-0.2, -0.15) is 5.01 Å². The fourth-order valence-electron chi connectivity index (χ4n) is 0.631. The summed E-state index contributed by atoms with van der Waals surface area (Å²) in [7, 11) is 0. The maximum Gasteiger partial charge on any atom is 0.338 e. The van der Waals surface area contributed by atoms with Crippen LogP contribution in [0.5, 0.6) is 0 Å². The number of hydrogen-bond donors (Lipinski definition) is 1. The van der Waals surface area contributed by atoms with E-state index in [1.165, 1.54) is 6.92 Å². The number of carbonyl (C=O) groups is 1. The van der Waals surface area contributed by atoms with Gasteiger partial charge in [0.15, 0.2) is 0 Å². The molecule has 0 heterocycles. The van der Waals surface area contributed by atoms with Gasteiger partial charge in [0.05, 0.1) is 17.9 Å². The molecule has 0 aliphatic carbocycles. The molecule has 6 nitrogen and oxygen atoms in total. The second-order valence-electron chi connectivity index (χ2n) is 2.11. The number of nitrogens with two attached hydrogens (primary N) is 1. The fraction of sp³-hybridized carbons (Fsp3) is 0.800. The van der Waals surface area contributed by atoms with Gasteiger partial charge in [-0.15, -0.1) is 4.91 Å². The number of hydrogen-bond acceptors (Lipinski definition) is 3. The van der Waals surface area contributed by atoms with E-state index in [9.17, 15) is 14.8 Å². The Bertz CT molecular complexity index is 150. The van der Waals surface area contributed by atoms with Gasteiger partial charge in [0, 0.05) is 0 Å². The van der Waals surface area contributed by atoms with E-state index in [2.05, 4.69) is 5.29 Å². The van der Waals surface area contributed by atoms with Crippen LogP contribution < -0.4 is 5.73 Å². The van der Waals surface area contributed by atoms with E-state index in [0.717, 1.165) is 0 Å². The molecule has 6 heteroatoms. The standard InChI is InChI=1S/C5H10N3O3/c1-4(2-3-9)8(7-11)5(6)10/h4H,2-3H2,1H3,(H2,6,10). The Hall–Kier alpha value is -1.17. The van der Waals surface area contributed by atoms with Crippen molar-refractivity contribution in [3.63, 3.8) is 0 Å². The van der Waals surface area contributed by atoms with Gasteiger partial charge in [-0.25, -0.2) is 9.90 Å². The van der Waals surface area contributed by atoms with Crippen LogP contribution in [0.25, 0.3) is 0 Å². The van der Waals surface area contributed by atoms with Crippen LogP contribution in [-0.4, -0.2) is 23.7 Å². The maximum absolute atomic E-state index is 10.4. The van der Waals surface area contributed by atoms with Gasteiger partial charge in [-0.05, 0) is 13.3 Å². The molecular weight excluding hydrogens is 150 g/mol. The summed E-state index contributed by atoms with van der Waals surface area (Å²) in [4.78, 5) is 20.3. The van der Waals surface area contributed by atoms with E-state index in [-0.39, 0.29) is 13.0 Å². The Labute approximate surface area is 63.9 Å². The average molecular weight is 160 g/mol. The monoisotopic (exact) mass is 160 g/mol. The number of nitrogens with zero attached hydrogens (tertiary/aromatic N) is 2. The Morgan fingerprint density at radius 1 is 1.73 bits per heavy atom. The van der Waals surface area contributed by atoms with E-state index in [1.807, 2.05) is 0 Å². The predicted molar refractivity (Wildman–Crippen MR) is 36.8 cm³/mol. The summed E-state index contributed by atoms with van der Waals surface area (Å²) in [6.07, 6.45) is 0.175. The van der Waals surface area contributed by atoms with Gasteiger partial charge in [-0.3, -0.25) is 0 Å². The highest BCUT2D eigenvalue weighted by molar-refractivity contribution is 5.71. The van der Waals surface area contributed by atoms with Crippen LogP contribution in [0.2, 0.25) is 0 Å². The van der Waals surface area contributed by atoms with Crippen molar-refractivity contribution in [3.8, 4) is 0 Å². The van der Waals surface area contributed by atoms with Gasteiger partial charge in [0.2, 0.25) is 0 Å². The summed E-state index contributed by atoms with van der Waals surface area (Å²) in [5.74, 6) is 0. The molecule has 63 valence electrons. The van der Waals surface area contributed by atoms with E-state index < -0.39 is 12.1 Å². The molecule has 0 aliphatic heterocycles. The molecule has 0 saturated heterocycles. The number of primary amides is 1. The first-order valence-electron chi connectivity index (χ1n) is 3.13. The molecule has 0 aromatic carbocycles. The van der Waals surface area contributed by atoms with Gasteiger partial charge in [0.1, 0.15) is 0 Å². The molecule has 2 amide bonds. The molecule has 1 unspecified atom stereocenters. The second kappa shape index (κ2) is 4.62. The number of rotatable bonds is 4. The van der Waals surface area contributed by atoms with Crippen LogP contribution in [0.4, 0.5) is 4.79 Å². The van der Waals surface area contributed by atoms with Crippen molar-refractivity contribution in [2.75, 3.05) is 6.61 Å². The molecule has 1 radical (unpaired) electrons. The van der Waals surface area contributed by atoms with Crippen LogP contribution in [0, 0.1) is 4.91 Å². The van der Waals surface area contributed by atoms with E-state index in [4.69, 9.17) is 5.73 Å². The van der Waals surface area contributed by atoms with Crippen molar-refractivity contribution in [2.24, 2.45) is 11.0 Å². The smallest absolute Gasteiger partial charge is 0.338 e. The summed E-state index contributed by atoms with van der Waals surface area (Å²) < 4.78 is 0. The van der Waals surface area contributed by atoms with Gasteiger partial charge >= 0.3 is 6.03 Å². The molecule has 0 saturated carbocycles. The first kappa shape index (κ1) is 9.83.